The van der Waals surface area contributed by atoms with Crippen molar-refractivity contribution < 1.29 is 4.74 Å². The monoisotopic (exact) mass is 275 g/mol. The standard InChI is InChI=1S/C16H21NOS/c1-16(2)9-13(7-8-18-16)17-10-12-11-19-15-6-4-3-5-14(12)15/h3-6,11,13,17H,7-10H2,1-2H3. The topological polar surface area (TPSA) is 21.3 Å². The Morgan fingerprint density at radius 2 is 2.21 bits per heavy atom. The summed E-state index contributed by atoms with van der Waals surface area (Å²) in [6, 6.07) is 9.22. The Kier molecular flexibility index (Phi) is 3.61. The van der Waals surface area contributed by atoms with Crippen LogP contribution in [0.3, 0.4) is 0 Å². The van der Waals surface area contributed by atoms with Gasteiger partial charge in [-0.3, -0.25) is 0 Å². The van der Waals surface area contributed by atoms with Crippen LogP contribution in [0.2, 0.25) is 0 Å². The maximum absolute atomic E-state index is 5.76. The fraction of sp³-hybridized carbons (Fsp3) is 0.500. The highest BCUT2D eigenvalue weighted by atomic mass is 32.1. The minimum absolute atomic E-state index is 0.0205. The lowest BCUT2D eigenvalue weighted by Gasteiger charge is -2.36. The van der Waals surface area contributed by atoms with Crippen LogP contribution >= 0.6 is 11.3 Å². The first-order valence-corrected chi connectivity index (χ1v) is 7.84. The second kappa shape index (κ2) is 5.23. The average Bonchev–Trinajstić information content (AvgIpc) is 2.78. The number of ether oxygens (including phenoxy) is 1. The van der Waals surface area contributed by atoms with Gasteiger partial charge in [0.15, 0.2) is 0 Å². The Balaban J connectivity index is 1.66. The first-order chi connectivity index (χ1) is 9.14. The Morgan fingerprint density at radius 3 is 3.05 bits per heavy atom. The van der Waals surface area contributed by atoms with Crippen LogP contribution in [0.1, 0.15) is 32.3 Å². The van der Waals surface area contributed by atoms with Gasteiger partial charge in [-0.05, 0) is 49.1 Å². The first kappa shape index (κ1) is 13.1. The van der Waals surface area contributed by atoms with Gasteiger partial charge in [-0.2, -0.15) is 0 Å². The van der Waals surface area contributed by atoms with Gasteiger partial charge in [0, 0.05) is 23.9 Å². The van der Waals surface area contributed by atoms with Crippen LogP contribution in [0.15, 0.2) is 29.6 Å². The third-order valence-corrected chi connectivity index (χ3v) is 4.85. The zero-order chi connectivity index (χ0) is 13.3. The highest BCUT2D eigenvalue weighted by Crippen LogP contribution is 2.27. The second-order valence-corrected chi connectivity index (χ2v) is 6.85. The van der Waals surface area contributed by atoms with Crippen molar-refractivity contribution in [3.8, 4) is 0 Å². The molecule has 0 amide bonds. The number of hydrogen-bond donors (Lipinski definition) is 1. The van der Waals surface area contributed by atoms with Crippen LogP contribution in [0.25, 0.3) is 10.1 Å². The zero-order valence-corrected chi connectivity index (χ0v) is 12.4. The normalized spacial score (nSPS) is 22.7. The molecule has 1 aromatic carbocycles. The Morgan fingerprint density at radius 1 is 1.37 bits per heavy atom. The van der Waals surface area contributed by atoms with Crippen molar-refractivity contribution in [3.63, 3.8) is 0 Å². The quantitative estimate of drug-likeness (QED) is 0.916. The molecule has 0 saturated carbocycles. The van der Waals surface area contributed by atoms with Gasteiger partial charge in [0.2, 0.25) is 0 Å². The van der Waals surface area contributed by atoms with E-state index in [9.17, 15) is 0 Å². The molecule has 2 aromatic rings. The smallest absolute Gasteiger partial charge is 0.0641 e. The van der Waals surface area contributed by atoms with Gasteiger partial charge in [-0.25, -0.2) is 0 Å². The first-order valence-electron chi connectivity index (χ1n) is 6.96. The summed E-state index contributed by atoms with van der Waals surface area (Å²) >= 11 is 1.84. The number of benzene rings is 1. The average molecular weight is 275 g/mol. The SMILES string of the molecule is CC1(C)CC(NCc2csc3ccccc23)CCO1. The minimum Gasteiger partial charge on any atom is -0.375 e. The van der Waals surface area contributed by atoms with E-state index < -0.39 is 0 Å². The van der Waals surface area contributed by atoms with Crippen molar-refractivity contribution in [1.82, 2.24) is 5.32 Å². The van der Waals surface area contributed by atoms with Crippen LogP contribution in [-0.2, 0) is 11.3 Å². The zero-order valence-electron chi connectivity index (χ0n) is 11.6. The largest absolute Gasteiger partial charge is 0.375 e. The molecule has 0 bridgehead atoms. The van der Waals surface area contributed by atoms with E-state index in [-0.39, 0.29) is 5.60 Å². The summed E-state index contributed by atoms with van der Waals surface area (Å²) in [6.07, 6.45) is 2.21. The van der Waals surface area contributed by atoms with E-state index in [4.69, 9.17) is 4.74 Å². The summed E-state index contributed by atoms with van der Waals surface area (Å²) in [4.78, 5) is 0. The molecule has 3 rings (SSSR count). The van der Waals surface area contributed by atoms with Crippen molar-refractivity contribution in [2.75, 3.05) is 6.61 Å². The summed E-state index contributed by atoms with van der Waals surface area (Å²) < 4.78 is 7.15. The maximum Gasteiger partial charge on any atom is 0.0641 e. The molecule has 0 spiro atoms. The lowest BCUT2D eigenvalue weighted by molar-refractivity contribution is -0.0630. The summed E-state index contributed by atoms with van der Waals surface area (Å²) in [5, 5.41) is 7.37. The summed E-state index contributed by atoms with van der Waals surface area (Å²) in [6.45, 7) is 6.20. The molecule has 0 aliphatic carbocycles. The molecule has 1 saturated heterocycles. The highest BCUT2D eigenvalue weighted by molar-refractivity contribution is 7.17. The van der Waals surface area contributed by atoms with E-state index in [1.54, 1.807) is 0 Å². The van der Waals surface area contributed by atoms with Crippen molar-refractivity contribution in [2.45, 2.75) is 44.9 Å². The Hall–Kier alpha value is -0.900. The highest BCUT2D eigenvalue weighted by Gasteiger charge is 2.28. The van der Waals surface area contributed by atoms with Gasteiger partial charge in [0.05, 0.1) is 5.60 Å². The van der Waals surface area contributed by atoms with E-state index in [0.717, 1.165) is 26.0 Å². The van der Waals surface area contributed by atoms with Crippen molar-refractivity contribution in [1.29, 1.82) is 0 Å². The van der Waals surface area contributed by atoms with Gasteiger partial charge in [0.25, 0.3) is 0 Å². The predicted molar refractivity (Wildman–Crippen MR) is 81.7 cm³/mol. The molecule has 1 fully saturated rings. The molecule has 102 valence electrons. The van der Waals surface area contributed by atoms with E-state index in [1.807, 2.05) is 11.3 Å². The third-order valence-electron chi connectivity index (χ3n) is 3.84. The molecule has 1 N–H and O–H groups in total. The van der Waals surface area contributed by atoms with Gasteiger partial charge in [-0.1, -0.05) is 18.2 Å². The molecular weight excluding hydrogens is 254 g/mol. The number of hydrogen-bond acceptors (Lipinski definition) is 3. The maximum atomic E-state index is 5.76. The summed E-state index contributed by atoms with van der Waals surface area (Å²) in [5.74, 6) is 0. The van der Waals surface area contributed by atoms with Crippen molar-refractivity contribution in [2.24, 2.45) is 0 Å². The number of rotatable bonds is 3. The number of fused-ring (bicyclic) bond motifs is 1. The molecule has 1 aliphatic heterocycles. The van der Waals surface area contributed by atoms with E-state index in [1.165, 1.54) is 15.6 Å². The fourth-order valence-corrected chi connectivity index (χ4v) is 3.79. The van der Waals surface area contributed by atoms with Gasteiger partial charge in [-0.15, -0.1) is 11.3 Å². The Labute approximate surface area is 118 Å². The van der Waals surface area contributed by atoms with Crippen LogP contribution in [-0.4, -0.2) is 18.2 Å². The predicted octanol–water partition coefficient (Wildman–Crippen LogP) is 3.95. The molecule has 2 nitrogen and oxygen atoms in total. The molecule has 0 radical (unpaired) electrons. The molecule has 1 aromatic heterocycles. The van der Waals surface area contributed by atoms with E-state index >= 15 is 0 Å². The molecule has 3 heteroatoms. The molecule has 1 unspecified atom stereocenters. The molecule has 2 heterocycles. The van der Waals surface area contributed by atoms with Crippen LogP contribution in [0, 0.1) is 0 Å². The van der Waals surface area contributed by atoms with Gasteiger partial charge >= 0.3 is 0 Å². The van der Waals surface area contributed by atoms with Crippen LogP contribution in [0.4, 0.5) is 0 Å². The second-order valence-electron chi connectivity index (χ2n) is 5.94. The number of nitrogens with one attached hydrogen (secondary N) is 1. The van der Waals surface area contributed by atoms with E-state index in [0.29, 0.717) is 6.04 Å². The van der Waals surface area contributed by atoms with E-state index in [2.05, 4.69) is 48.8 Å². The summed E-state index contributed by atoms with van der Waals surface area (Å²) in [7, 11) is 0. The van der Waals surface area contributed by atoms with Gasteiger partial charge in [0.1, 0.15) is 0 Å². The van der Waals surface area contributed by atoms with Crippen LogP contribution in [0.5, 0.6) is 0 Å². The van der Waals surface area contributed by atoms with Crippen molar-refractivity contribution in [3.05, 3.63) is 35.2 Å². The van der Waals surface area contributed by atoms with Crippen LogP contribution < -0.4 is 5.32 Å². The fourth-order valence-electron chi connectivity index (χ4n) is 2.83. The number of thiophene rings is 1. The van der Waals surface area contributed by atoms with Crippen molar-refractivity contribution >= 4 is 21.4 Å². The minimum atomic E-state index is 0.0205. The third kappa shape index (κ3) is 2.99. The lowest BCUT2D eigenvalue weighted by atomic mass is 9.94. The Bertz CT molecular complexity index is 561. The molecular formula is C16H21NOS. The van der Waals surface area contributed by atoms with Gasteiger partial charge < -0.3 is 10.1 Å². The summed E-state index contributed by atoms with van der Waals surface area (Å²) in [5.41, 5.74) is 1.44. The molecule has 1 atom stereocenters. The molecule has 19 heavy (non-hydrogen) atoms. The lowest BCUT2D eigenvalue weighted by Crippen LogP contribution is -2.43. The molecule has 1 aliphatic rings.